The van der Waals surface area contributed by atoms with Gasteiger partial charge in [-0.1, -0.05) is 24.3 Å². The number of carbonyl (C=O) groups excluding carboxylic acids is 3. The van der Waals surface area contributed by atoms with Crippen LogP contribution in [0.15, 0.2) is 48.2 Å². The van der Waals surface area contributed by atoms with Crippen molar-refractivity contribution >= 4 is 39.8 Å². The molecule has 0 spiro atoms. The summed E-state index contributed by atoms with van der Waals surface area (Å²) in [4.78, 5) is 44.2. The second-order valence-corrected chi connectivity index (χ2v) is 13.0. The number of morpholine rings is 1. The van der Waals surface area contributed by atoms with Crippen molar-refractivity contribution in [3.63, 3.8) is 0 Å². The van der Waals surface area contributed by atoms with Gasteiger partial charge in [-0.3, -0.25) is 25.1 Å². The monoisotopic (exact) mass is 621 g/mol. The summed E-state index contributed by atoms with van der Waals surface area (Å²) in [6.45, 7) is 4.88. The Hall–Kier alpha value is -4.16. The highest BCUT2D eigenvalue weighted by Gasteiger charge is 2.34. The molecule has 0 atom stereocenters. The van der Waals surface area contributed by atoms with Crippen molar-refractivity contribution in [3.05, 3.63) is 64.9 Å². The molecule has 3 fully saturated rings. The second kappa shape index (κ2) is 14.1. The van der Waals surface area contributed by atoms with E-state index in [1.165, 1.54) is 6.08 Å². The van der Waals surface area contributed by atoms with Crippen LogP contribution >= 0.6 is 0 Å². The van der Waals surface area contributed by atoms with Crippen LogP contribution in [0.25, 0.3) is 6.08 Å². The number of hydrogen-bond donors (Lipinski definition) is 2. The van der Waals surface area contributed by atoms with Gasteiger partial charge in [0.15, 0.2) is 0 Å². The van der Waals surface area contributed by atoms with Gasteiger partial charge in [0, 0.05) is 45.0 Å². The number of imide groups is 2. The molecule has 0 unspecified atom stereocenters. The Balaban J connectivity index is 1.30. The van der Waals surface area contributed by atoms with Crippen LogP contribution in [-0.4, -0.2) is 98.2 Å². The smallest absolute Gasteiger partial charge is 0.328 e. The summed E-state index contributed by atoms with van der Waals surface area (Å²) in [6.07, 6.45) is 4.70. The maximum Gasteiger partial charge on any atom is 0.328 e. The fraction of sp³-hybridized carbons (Fsp3) is 0.433. The van der Waals surface area contributed by atoms with Gasteiger partial charge in [0.1, 0.15) is 17.5 Å². The SMILES string of the molecule is N#Cc1cccnc1N1CCC(N(Cc2ccc(C=C3C(=O)NC(=O)NC3=O)cc2)S(=O)(=O)CCCN2CCOCC2)CC1. The van der Waals surface area contributed by atoms with Gasteiger partial charge in [-0.15, -0.1) is 0 Å². The average Bonchev–Trinajstić information content (AvgIpc) is 3.02. The number of carbonyl (C=O) groups is 3. The molecule has 4 amide bonds. The van der Waals surface area contributed by atoms with Crippen molar-refractivity contribution in [3.8, 4) is 6.07 Å². The minimum atomic E-state index is -3.63. The molecule has 3 saturated heterocycles. The molecule has 13 nitrogen and oxygen atoms in total. The number of barbiturate groups is 1. The van der Waals surface area contributed by atoms with Crippen LogP contribution in [-0.2, 0) is 30.9 Å². The van der Waals surface area contributed by atoms with Gasteiger partial charge in [-0.05, 0) is 55.1 Å². The molecule has 0 aliphatic carbocycles. The first-order valence-electron chi connectivity index (χ1n) is 14.6. The van der Waals surface area contributed by atoms with Crippen LogP contribution in [0.2, 0.25) is 0 Å². The van der Waals surface area contributed by atoms with Crippen molar-refractivity contribution < 1.29 is 27.5 Å². The molecule has 2 N–H and O–H groups in total. The third-order valence-electron chi connectivity index (χ3n) is 7.99. The van der Waals surface area contributed by atoms with E-state index in [2.05, 4.69) is 16.0 Å². The Morgan fingerprint density at radius 3 is 2.36 bits per heavy atom. The van der Waals surface area contributed by atoms with E-state index in [0.29, 0.717) is 69.1 Å². The fourth-order valence-electron chi connectivity index (χ4n) is 5.64. The summed E-state index contributed by atoms with van der Waals surface area (Å²) in [7, 11) is -3.63. The number of urea groups is 1. The Morgan fingerprint density at radius 1 is 1.02 bits per heavy atom. The number of nitrogens with zero attached hydrogens (tertiary/aromatic N) is 5. The van der Waals surface area contributed by atoms with Crippen molar-refractivity contribution in [1.29, 1.82) is 5.26 Å². The topological polar surface area (TPSA) is 165 Å². The molecule has 4 heterocycles. The van der Waals surface area contributed by atoms with Gasteiger partial charge in [0.05, 0.1) is 24.5 Å². The summed E-state index contributed by atoms with van der Waals surface area (Å²) in [6, 6.07) is 11.5. The number of benzene rings is 1. The molecule has 44 heavy (non-hydrogen) atoms. The number of pyridine rings is 1. The number of anilines is 1. The number of rotatable bonds is 10. The van der Waals surface area contributed by atoms with Crippen LogP contribution < -0.4 is 15.5 Å². The van der Waals surface area contributed by atoms with E-state index in [9.17, 15) is 28.1 Å². The molecule has 3 aliphatic rings. The highest BCUT2D eigenvalue weighted by Crippen LogP contribution is 2.27. The number of nitriles is 1. The van der Waals surface area contributed by atoms with Crippen molar-refractivity contribution in [1.82, 2.24) is 24.8 Å². The zero-order chi connectivity index (χ0) is 31.1. The summed E-state index contributed by atoms with van der Waals surface area (Å²) < 4.78 is 34.7. The normalized spacial score (nSPS) is 18.6. The van der Waals surface area contributed by atoms with Gasteiger partial charge in [0.2, 0.25) is 10.0 Å². The van der Waals surface area contributed by atoms with Crippen LogP contribution in [0.1, 0.15) is 36.0 Å². The largest absolute Gasteiger partial charge is 0.379 e. The Bertz CT molecular complexity index is 1530. The number of hydrogen-bond acceptors (Lipinski definition) is 10. The molecule has 1 aromatic heterocycles. The van der Waals surface area contributed by atoms with Crippen molar-refractivity contribution in [2.45, 2.75) is 31.8 Å². The second-order valence-electron chi connectivity index (χ2n) is 10.9. The van der Waals surface area contributed by atoms with E-state index >= 15 is 0 Å². The zero-order valence-corrected chi connectivity index (χ0v) is 25.1. The first-order valence-corrected chi connectivity index (χ1v) is 16.2. The predicted octanol–water partition coefficient (Wildman–Crippen LogP) is 1.23. The Morgan fingerprint density at radius 2 is 1.70 bits per heavy atom. The lowest BCUT2D eigenvalue weighted by Crippen LogP contribution is -2.51. The van der Waals surface area contributed by atoms with E-state index in [-0.39, 0.29) is 23.9 Å². The first kappa shape index (κ1) is 31.3. The van der Waals surface area contributed by atoms with Crippen molar-refractivity contribution in [2.24, 2.45) is 0 Å². The zero-order valence-electron chi connectivity index (χ0n) is 24.3. The lowest BCUT2D eigenvalue weighted by molar-refractivity contribution is -0.123. The maximum atomic E-state index is 13.8. The predicted molar refractivity (Wildman–Crippen MR) is 161 cm³/mol. The number of sulfonamides is 1. The van der Waals surface area contributed by atoms with Crippen molar-refractivity contribution in [2.75, 3.05) is 56.6 Å². The van der Waals surface area contributed by atoms with E-state index in [4.69, 9.17) is 4.74 Å². The molecule has 0 radical (unpaired) electrons. The molecule has 232 valence electrons. The summed E-state index contributed by atoms with van der Waals surface area (Å²) in [5.41, 5.74) is 1.61. The summed E-state index contributed by atoms with van der Waals surface area (Å²) in [5, 5.41) is 13.6. The minimum Gasteiger partial charge on any atom is -0.379 e. The van der Waals surface area contributed by atoms with Crippen LogP contribution in [0.4, 0.5) is 10.6 Å². The number of nitrogens with one attached hydrogen (secondary N) is 2. The third kappa shape index (κ3) is 7.67. The van der Waals surface area contributed by atoms with E-state index in [0.717, 1.165) is 18.7 Å². The fourth-order valence-corrected chi connectivity index (χ4v) is 7.38. The van der Waals surface area contributed by atoms with E-state index in [1.807, 2.05) is 15.5 Å². The number of amides is 4. The van der Waals surface area contributed by atoms with Gasteiger partial charge in [0.25, 0.3) is 11.8 Å². The average molecular weight is 622 g/mol. The third-order valence-corrected chi connectivity index (χ3v) is 9.93. The summed E-state index contributed by atoms with van der Waals surface area (Å²) in [5.74, 6) is -0.925. The number of aromatic nitrogens is 1. The van der Waals surface area contributed by atoms with Gasteiger partial charge < -0.3 is 9.64 Å². The van der Waals surface area contributed by atoms with Gasteiger partial charge in [-0.2, -0.15) is 9.57 Å². The maximum absolute atomic E-state index is 13.8. The Labute approximate surface area is 256 Å². The quantitative estimate of drug-likeness (QED) is 0.291. The standard InChI is InChI=1S/C30H35N7O6S/c31-20-24-3-1-10-32-27(24)36-12-8-25(9-13-36)37(44(41,42)18-2-11-35-14-16-43-17-15-35)21-23-6-4-22(5-7-23)19-26-28(38)33-30(40)34-29(26)39/h1,3-7,10,19,25H,2,8-9,11-18,21H2,(H2,33,34,38,39,40). The lowest BCUT2D eigenvalue weighted by Gasteiger charge is -2.38. The molecule has 0 bridgehead atoms. The molecule has 0 saturated carbocycles. The highest BCUT2D eigenvalue weighted by molar-refractivity contribution is 7.89. The molecule has 14 heteroatoms. The molecular formula is C30H35N7O6S. The van der Waals surface area contributed by atoms with Crippen LogP contribution in [0.3, 0.4) is 0 Å². The van der Waals surface area contributed by atoms with E-state index < -0.39 is 27.9 Å². The molecule has 5 rings (SSSR count). The Kier molecular flexibility index (Phi) is 10.0. The van der Waals surface area contributed by atoms with Gasteiger partial charge in [-0.25, -0.2) is 18.2 Å². The molecule has 1 aromatic carbocycles. The number of ether oxygens (including phenoxy) is 1. The van der Waals surface area contributed by atoms with Crippen LogP contribution in [0, 0.1) is 11.3 Å². The van der Waals surface area contributed by atoms with Gasteiger partial charge >= 0.3 is 6.03 Å². The minimum absolute atomic E-state index is 0.0243. The first-order chi connectivity index (χ1) is 21.2. The molecule has 2 aromatic rings. The number of piperidine rings is 1. The van der Waals surface area contributed by atoms with E-state index in [1.54, 1.807) is 46.9 Å². The van der Waals surface area contributed by atoms with Crippen LogP contribution in [0.5, 0.6) is 0 Å². The summed E-state index contributed by atoms with van der Waals surface area (Å²) >= 11 is 0. The molecule has 3 aliphatic heterocycles. The highest BCUT2D eigenvalue weighted by atomic mass is 32.2. The molecular weight excluding hydrogens is 586 g/mol. The lowest BCUT2D eigenvalue weighted by atomic mass is 10.0.